The van der Waals surface area contributed by atoms with Crippen LogP contribution in [0.5, 0.6) is 0 Å². The molecular weight excluding hydrogens is 224 g/mol. The smallest absolute Gasteiger partial charge is 0.0628 e. The van der Waals surface area contributed by atoms with Crippen molar-refractivity contribution in [1.29, 1.82) is 0 Å². The minimum atomic E-state index is -0.0280. The molecule has 0 spiro atoms. The lowest BCUT2D eigenvalue weighted by molar-refractivity contribution is 0.0982. The highest BCUT2D eigenvalue weighted by Gasteiger charge is 2.46. The maximum atomic E-state index is 9.92. The van der Waals surface area contributed by atoms with Crippen molar-refractivity contribution in [2.24, 2.45) is 17.8 Å². The number of hydrogen-bond acceptors (Lipinski definition) is 3. The number of hydrogen-bond donors (Lipinski definition) is 2. The molecule has 0 amide bonds. The lowest BCUT2D eigenvalue weighted by atomic mass is 9.93. The molecule has 2 rings (SSSR count). The summed E-state index contributed by atoms with van der Waals surface area (Å²) < 4.78 is 0. The van der Waals surface area contributed by atoms with Crippen LogP contribution in [-0.4, -0.2) is 48.3 Å². The molecule has 0 aromatic heterocycles. The molecule has 3 heteroatoms. The largest absolute Gasteiger partial charge is 0.394 e. The molecule has 2 aliphatic rings. The topological polar surface area (TPSA) is 35.5 Å². The summed E-state index contributed by atoms with van der Waals surface area (Å²) in [6.45, 7) is 11.6. The first-order valence-corrected chi connectivity index (χ1v) is 7.69. The fraction of sp³-hybridized carbons (Fsp3) is 1.00. The van der Waals surface area contributed by atoms with E-state index < -0.39 is 0 Å². The second-order valence-corrected chi connectivity index (χ2v) is 6.66. The fourth-order valence-corrected chi connectivity index (χ4v) is 3.35. The van der Waals surface area contributed by atoms with E-state index in [-0.39, 0.29) is 12.1 Å². The van der Waals surface area contributed by atoms with Gasteiger partial charge >= 0.3 is 0 Å². The van der Waals surface area contributed by atoms with Gasteiger partial charge < -0.3 is 15.3 Å². The van der Waals surface area contributed by atoms with Crippen LogP contribution in [0.2, 0.25) is 0 Å². The zero-order chi connectivity index (χ0) is 13.2. The Labute approximate surface area is 112 Å². The van der Waals surface area contributed by atoms with Crippen LogP contribution in [0, 0.1) is 17.8 Å². The van der Waals surface area contributed by atoms with Gasteiger partial charge in [-0.05, 0) is 43.6 Å². The molecule has 1 saturated heterocycles. The van der Waals surface area contributed by atoms with Gasteiger partial charge in [-0.3, -0.25) is 0 Å². The van der Waals surface area contributed by atoms with Crippen molar-refractivity contribution >= 4 is 0 Å². The van der Waals surface area contributed by atoms with Gasteiger partial charge in [-0.25, -0.2) is 0 Å². The molecule has 106 valence electrons. The zero-order valence-electron chi connectivity index (χ0n) is 12.3. The van der Waals surface area contributed by atoms with Crippen molar-refractivity contribution in [3.63, 3.8) is 0 Å². The maximum absolute atomic E-state index is 9.92. The van der Waals surface area contributed by atoms with Crippen LogP contribution in [0.3, 0.4) is 0 Å². The van der Waals surface area contributed by atoms with Crippen LogP contribution >= 0.6 is 0 Å². The molecule has 1 heterocycles. The number of aliphatic hydroxyl groups excluding tert-OH is 1. The fourth-order valence-electron chi connectivity index (χ4n) is 3.35. The summed E-state index contributed by atoms with van der Waals surface area (Å²) in [5, 5.41) is 13.6. The minimum absolute atomic E-state index is 0.0280. The van der Waals surface area contributed by atoms with Crippen molar-refractivity contribution in [1.82, 2.24) is 10.2 Å². The standard InChI is InChI=1S/C15H30N2O/c1-4-7-16-15(11-18,14-5-6-14)10-17-8-12(2)13(3)9-17/h12-14,16,18H,4-11H2,1-3H3. The number of aliphatic hydroxyl groups is 1. The molecule has 2 N–H and O–H groups in total. The number of nitrogens with zero attached hydrogens (tertiary/aromatic N) is 1. The lowest BCUT2D eigenvalue weighted by Crippen LogP contribution is -2.58. The lowest BCUT2D eigenvalue weighted by Gasteiger charge is -2.37. The summed E-state index contributed by atoms with van der Waals surface area (Å²) in [5.41, 5.74) is -0.0280. The van der Waals surface area contributed by atoms with Crippen LogP contribution in [0.25, 0.3) is 0 Å². The summed E-state index contributed by atoms with van der Waals surface area (Å²) in [6, 6.07) is 0. The van der Waals surface area contributed by atoms with Crippen molar-refractivity contribution in [2.75, 3.05) is 32.8 Å². The predicted octanol–water partition coefficient (Wildman–Crippen LogP) is 1.71. The molecule has 0 aromatic rings. The van der Waals surface area contributed by atoms with Crippen LogP contribution in [-0.2, 0) is 0 Å². The third-order valence-electron chi connectivity index (χ3n) is 4.94. The minimum Gasteiger partial charge on any atom is -0.394 e. The van der Waals surface area contributed by atoms with E-state index in [2.05, 4.69) is 31.0 Å². The average Bonchev–Trinajstić information content (AvgIpc) is 3.14. The molecule has 0 aromatic carbocycles. The van der Waals surface area contributed by atoms with E-state index in [1.165, 1.54) is 25.9 Å². The summed E-state index contributed by atoms with van der Waals surface area (Å²) >= 11 is 0. The van der Waals surface area contributed by atoms with Gasteiger partial charge in [0, 0.05) is 19.6 Å². The second kappa shape index (κ2) is 5.89. The normalized spacial score (nSPS) is 32.7. The van der Waals surface area contributed by atoms with Gasteiger partial charge in [0.05, 0.1) is 12.1 Å². The molecule has 3 unspecified atom stereocenters. The number of nitrogens with one attached hydrogen (secondary N) is 1. The van der Waals surface area contributed by atoms with Gasteiger partial charge in [-0.1, -0.05) is 20.8 Å². The first kappa shape index (κ1) is 14.3. The third-order valence-corrected chi connectivity index (χ3v) is 4.94. The van der Waals surface area contributed by atoms with E-state index in [1.54, 1.807) is 0 Å². The summed E-state index contributed by atoms with van der Waals surface area (Å²) in [7, 11) is 0. The van der Waals surface area contributed by atoms with E-state index in [0.717, 1.165) is 31.3 Å². The molecule has 1 aliphatic carbocycles. The average molecular weight is 254 g/mol. The van der Waals surface area contributed by atoms with Crippen LogP contribution in [0.1, 0.15) is 40.0 Å². The molecule has 1 aliphatic heterocycles. The van der Waals surface area contributed by atoms with E-state index in [0.29, 0.717) is 5.92 Å². The highest BCUT2D eigenvalue weighted by molar-refractivity contribution is 5.03. The highest BCUT2D eigenvalue weighted by atomic mass is 16.3. The van der Waals surface area contributed by atoms with Crippen molar-refractivity contribution < 1.29 is 5.11 Å². The van der Waals surface area contributed by atoms with Crippen molar-refractivity contribution in [3.05, 3.63) is 0 Å². The summed E-state index contributed by atoms with van der Waals surface area (Å²) in [4.78, 5) is 2.56. The molecule has 1 saturated carbocycles. The van der Waals surface area contributed by atoms with Crippen molar-refractivity contribution in [3.8, 4) is 0 Å². The second-order valence-electron chi connectivity index (χ2n) is 6.66. The Kier molecular flexibility index (Phi) is 4.68. The third kappa shape index (κ3) is 3.06. The Morgan fingerprint density at radius 1 is 1.22 bits per heavy atom. The van der Waals surface area contributed by atoms with Crippen molar-refractivity contribution in [2.45, 2.75) is 45.6 Å². The Morgan fingerprint density at radius 2 is 1.83 bits per heavy atom. The Hall–Kier alpha value is -0.120. The van der Waals surface area contributed by atoms with E-state index in [4.69, 9.17) is 0 Å². The molecule has 18 heavy (non-hydrogen) atoms. The number of rotatable bonds is 7. The summed E-state index contributed by atoms with van der Waals surface area (Å²) in [5.74, 6) is 2.29. The van der Waals surface area contributed by atoms with Gasteiger partial charge in [0.25, 0.3) is 0 Å². The van der Waals surface area contributed by atoms with Gasteiger partial charge in [-0.15, -0.1) is 0 Å². The Bertz CT molecular complexity index is 257. The Morgan fingerprint density at radius 3 is 2.28 bits per heavy atom. The Balaban J connectivity index is 1.96. The quantitative estimate of drug-likeness (QED) is 0.726. The molecule has 3 atom stereocenters. The maximum Gasteiger partial charge on any atom is 0.0628 e. The van der Waals surface area contributed by atoms with Gasteiger partial charge in [0.15, 0.2) is 0 Å². The molecule has 2 fully saturated rings. The summed E-state index contributed by atoms with van der Waals surface area (Å²) in [6.07, 6.45) is 3.72. The van der Waals surface area contributed by atoms with Crippen LogP contribution in [0.15, 0.2) is 0 Å². The first-order chi connectivity index (χ1) is 8.61. The molecule has 0 radical (unpaired) electrons. The SMILES string of the molecule is CCCNC(CO)(CN1CC(C)C(C)C1)C1CC1. The molecule has 3 nitrogen and oxygen atoms in total. The van der Waals surface area contributed by atoms with E-state index in [9.17, 15) is 5.11 Å². The molecule has 0 bridgehead atoms. The van der Waals surface area contributed by atoms with Crippen LogP contribution in [0.4, 0.5) is 0 Å². The van der Waals surface area contributed by atoms with Crippen LogP contribution < -0.4 is 5.32 Å². The predicted molar refractivity (Wildman–Crippen MR) is 75.6 cm³/mol. The number of likely N-dealkylation sites (tertiary alicyclic amines) is 1. The first-order valence-electron chi connectivity index (χ1n) is 7.69. The monoisotopic (exact) mass is 254 g/mol. The van der Waals surface area contributed by atoms with Gasteiger partial charge in [0.2, 0.25) is 0 Å². The van der Waals surface area contributed by atoms with Gasteiger partial charge in [0.1, 0.15) is 0 Å². The van der Waals surface area contributed by atoms with E-state index in [1.807, 2.05) is 0 Å². The zero-order valence-corrected chi connectivity index (χ0v) is 12.3. The molecular formula is C15H30N2O. The highest BCUT2D eigenvalue weighted by Crippen LogP contribution is 2.40. The van der Waals surface area contributed by atoms with E-state index >= 15 is 0 Å². The van der Waals surface area contributed by atoms with Gasteiger partial charge in [-0.2, -0.15) is 0 Å².